The van der Waals surface area contributed by atoms with E-state index >= 15 is 0 Å². The molecule has 1 rings (SSSR count). The molecule has 14 heavy (non-hydrogen) atoms. The SMILES string of the molecule is C[C-](C)C.C[C-](C)C.[Ti+3].[c-]1ccc[nH]1. The van der Waals surface area contributed by atoms with Crippen LogP contribution in [0.15, 0.2) is 18.3 Å². The zero-order valence-corrected chi connectivity index (χ0v) is 11.8. The Morgan fingerprint density at radius 2 is 1.29 bits per heavy atom. The summed E-state index contributed by atoms with van der Waals surface area (Å²) in [5.41, 5.74) is 0. The van der Waals surface area contributed by atoms with Gasteiger partial charge in [-0.25, -0.2) is 0 Å². The van der Waals surface area contributed by atoms with E-state index in [-0.39, 0.29) is 21.7 Å². The number of rotatable bonds is 0. The van der Waals surface area contributed by atoms with Crippen LogP contribution in [0.1, 0.15) is 41.5 Å². The predicted octanol–water partition coefficient (Wildman–Crippen LogP) is 4.05. The third-order valence-electron chi connectivity index (χ3n) is 0.442. The minimum atomic E-state index is 0. The van der Waals surface area contributed by atoms with E-state index in [1.54, 1.807) is 0 Å². The number of hydrogen-bond donors (Lipinski definition) is 1. The summed E-state index contributed by atoms with van der Waals surface area (Å²) in [6.07, 6.45) is 4.56. The van der Waals surface area contributed by atoms with Gasteiger partial charge in [0.05, 0.1) is 0 Å². The van der Waals surface area contributed by atoms with E-state index in [0.29, 0.717) is 0 Å². The molecule has 0 amide bonds. The minimum Gasteiger partial charge on any atom is -0.484 e. The zero-order chi connectivity index (χ0) is 10.7. The topological polar surface area (TPSA) is 15.8 Å². The summed E-state index contributed by atoms with van der Waals surface area (Å²) >= 11 is 0. The predicted molar refractivity (Wildman–Crippen MR) is 60.2 cm³/mol. The van der Waals surface area contributed by atoms with Crippen LogP contribution in [0.3, 0.4) is 0 Å². The molecule has 0 atom stereocenters. The van der Waals surface area contributed by atoms with Gasteiger partial charge in [0.2, 0.25) is 0 Å². The fourth-order valence-corrected chi connectivity index (χ4v) is 0.241. The molecule has 2 heteroatoms. The van der Waals surface area contributed by atoms with Gasteiger partial charge >= 0.3 is 21.7 Å². The van der Waals surface area contributed by atoms with Crippen LogP contribution in [0.5, 0.6) is 0 Å². The first kappa shape index (κ1) is 19.5. The third kappa shape index (κ3) is 58.1. The molecule has 0 saturated heterocycles. The first-order valence-corrected chi connectivity index (χ1v) is 4.49. The molecule has 1 heterocycles. The molecule has 0 aliphatic carbocycles. The van der Waals surface area contributed by atoms with E-state index in [1.165, 1.54) is 11.8 Å². The molecule has 1 aromatic rings. The summed E-state index contributed by atoms with van der Waals surface area (Å²) in [4.78, 5) is 2.74. The van der Waals surface area contributed by atoms with Crippen molar-refractivity contribution in [3.05, 3.63) is 36.4 Å². The first-order valence-electron chi connectivity index (χ1n) is 4.49. The second kappa shape index (κ2) is 15.5. The Kier molecular flexibility index (Phi) is 21.6. The van der Waals surface area contributed by atoms with Crippen molar-refractivity contribution in [2.24, 2.45) is 0 Å². The minimum absolute atomic E-state index is 0. The molecule has 0 bridgehead atoms. The maximum atomic E-state index is 2.74. The average Bonchev–Trinajstić information content (AvgIpc) is 2.35. The second-order valence-corrected chi connectivity index (χ2v) is 3.81. The normalized spacial score (nSPS) is 8.00. The van der Waals surface area contributed by atoms with Crippen LogP contribution in [-0.4, -0.2) is 4.98 Å². The summed E-state index contributed by atoms with van der Waals surface area (Å²) in [6, 6.07) is 3.71. The van der Waals surface area contributed by atoms with Crippen molar-refractivity contribution < 1.29 is 21.7 Å². The first-order chi connectivity index (χ1) is 5.96. The smallest absolute Gasteiger partial charge is 0.484 e. The largest absolute Gasteiger partial charge is 3.00 e. The Balaban J connectivity index is -0.000000127. The Morgan fingerprint density at radius 3 is 1.36 bits per heavy atom. The van der Waals surface area contributed by atoms with Crippen LogP contribution < -0.4 is 0 Å². The fourth-order valence-electron chi connectivity index (χ4n) is 0.241. The molecular formula is C12H22NTi. The van der Waals surface area contributed by atoms with Crippen LogP contribution >= 0.6 is 0 Å². The second-order valence-electron chi connectivity index (χ2n) is 3.81. The Hall–Kier alpha value is -0.00571. The zero-order valence-electron chi connectivity index (χ0n) is 10.2. The number of aromatic nitrogens is 1. The molecule has 0 fully saturated rings. The van der Waals surface area contributed by atoms with E-state index in [4.69, 9.17) is 0 Å². The summed E-state index contributed by atoms with van der Waals surface area (Å²) in [7, 11) is 0. The average molecular weight is 228 g/mol. The molecule has 0 unspecified atom stereocenters. The number of nitrogens with one attached hydrogen (secondary N) is 1. The number of aromatic amines is 1. The molecular weight excluding hydrogens is 206 g/mol. The van der Waals surface area contributed by atoms with Gasteiger partial charge in [0.15, 0.2) is 0 Å². The van der Waals surface area contributed by atoms with Crippen molar-refractivity contribution in [2.75, 3.05) is 0 Å². The molecule has 1 N–H and O–H groups in total. The van der Waals surface area contributed by atoms with Gasteiger partial charge in [-0.05, 0) is 0 Å². The Morgan fingerprint density at radius 1 is 0.929 bits per heavy atom. The summed E-state index contributed by atoms with van der Waals surface area (Å²) in [5, 5.41) is 0. The fraction of sp³-hybridized carbons (Fsp3) is 0.500. The molecule has 0 aromatic carbocycles. The Labute approximate surface area is 105 Å². The van der Waals surface area contributed by atoms with Gasteiger partial charge in [-0.15, -0.1) is 6.20 Å². The van der Waals surface area contributed by atoms with Gasteiger partial charge in [0.1, 0.15) is 0 Å². The van der Waals surface area contributed by atoms with Gasteiger partial charge in [0, 0.05) is 0 Å². The van der Waals surface area contributed by atoms with Gasteiger partial charge in [-0.2, -0.15) is 59.9 Å². The van der Waals surface area contributed by atoms with Gasteiger partial charge in [0.25, 0.3) is 0 Å². The molecule has 0 spiro atoms. The van der Waals surface area contributed by atoms with Crippen LogP contribution in [0.25, 0.3) is 0 Å². The molecule has 0 aliphatic rings. The van der Waals surface area contributed by atoms with E-state index in [0.717, 1.165) is 0 Å². The molecule has 1 aromatic heterocycles. The van der Waals surface area contributed by atoms with Crippen LogP contribution in [0.2, 0.25) is 0 Å². The third-order valence-corrected chi connectivity index (χ3v) is 0.442. The van der Waals surface area contributed by atoms with Gasteiger partial charge in [-0.1, -0.05) is 0 Å². The monoisotopic (exact) mass is 228 g/mol. The summed E-state index contributed by atoms with van der Waals surface area (Å²) in [6.45, 7) is 12.5. The van der Waals surface area contributed by atoms with Gasteiger partial charge < -0.3 is 16.8 Å². The van der Waals surface area contributed by atoms with Crippen LogP contribution in [0, 0.1) is 18.0 Å². The maximum Gasteiger partial charge on any atom is 3.00 e. The maximum absolute atomic E-state index is 2.74. The van der Waals surface area contributed by atoms with Crippen LogP contribution in [-0.2, 0) is 21.7 Å². The number of H-pyrrole nitrogens is 1. The Bertz CT molecular complexity index is 117. The standard InChI is InChI=1S/C4H4N.2C4H9.Ti/c1-2-4-5-3-1;2*1-4(2)3;/h1-3,5H;2*1-3H3;/q3*-1;+3. The molecule has 1 radical (unpaired) electrons. The molecule has 0 saturated carbocycles. The van der Waals surface area contributed by atoms with Crippen molar-refractivity contribution in [2.45, 2.75) is 41.5 Å². The van der Waals surface area contributed by atoms with Gasteiger partial charge in [-0.3, -0.25) is 0 Å². The quantitative estimate of drug-likeness (QED) is 0.509. The molecule has 0 aliphatic heterocycles. The molecule has 1 nitrogen and oxygen atoms in total. The van der Waals surface area contributed by atoms with Crippen LogP contribution in [0.4, 0.5) is 0 Å². The van der Waals surface area contributed by atoms with E-state index in [1.807, 2.05) is 18.3 Å². The summed E-state index contributed by atoms with van der Waals surface area (Å²) < 4.78 is 0. The number of hydrogen-bond acceptors (Lipinski definition) is 0. The summed E-state index contributed by atoms with van der Waals surface area (Å²) in [5.74, 6) is 2.83. The van der Waals surface area contributed by atoms with E-state index < -0.39 is 0 Å². The van der Waals surface area contributed by atoms with E-state index in [2.05, 4.69) is 52.7 Å². The van der Waals surface area contributed by atoms with Crippen molar-refractivity contribution in [1.82, 2.24) is 4.98 Å². The van der Waals surface area contributed by atoms with Crippen molar-refractivity contribution in [3.8, 4) is 0 Å². The van der Waals surface area contributed by atoms with Crippen molar-refractivity contribution >= 4 is 0 Å². The molecule has 79 valence electrons. The van der Waals surface area contributed by atoms with Crippen molar-refractivity contribution in [3.63, 3.8) is 0 Å². The van der Waals surface area contributed by atoms with E-state index in [9.17, 15) is 0 Å². The van der Waals surface area contributed by atoms with Crippen molar-refractivity contribution in [1.29, 1.82) is 0 Å².